The minimum absolute atomic E-state index is 0.0143. The minimum Gasteiger partial charge on any atom is -0.448 e. The fourth-order valence-electron chi connectivity index (χ4n) is 1.70. The number of nitrogens with one attached hydrogen (secondary N) is 1. The summed E-state index contributed by atoms with van der Waals surface area (Å²) in [5, 5.41) is 8.38. The number of benzene rings is 1. The van der Waals surface area contributed by atoms with E-state index in [-0.39, 0.29) is 12.3 Å². The summed E-state index contributed by atoms with van der Waals surface area (Å²) < 4.78 is 5.84. The van der Waals surface area contributed by atoms with Crippen LogP contribution in [0.1, 0.15) is 21.7 Å². The predicted molar refractivity (Wildman–Crippen MR) is 88.6 cm³/mol. The van der Waals surface area contributed by atoms with Crippen LogP contribution >= 0.6 is 15.9 Å². The Morgan fingerprint density at radius 1 is 1.22 bits per heavy atom. The summed E-state index contributed by atoms with van der Waals surface area (Å²) in [5.41, 5.74) is 2.75. The first-order valence-corrected chi connectivity index (χ1v) is 7.38. The molecular weight excluding hydrogens is 364 g/mol. The number of carbonyl (C=O) groups excluding carboxylic acids is 2. The molecule has 0 aliphatic heterocycles. The highest BCUT2D eigenvalue weighted by molar-refractivity contribution is 9.10. The predicted octanol–water partition coefficient (Wildman–Crippen LogP) is 2.86. The summed E-state index contributed by atoms with van der Waals surface area (Å²) in [6, 6.07) is 10.2. The largest absolute Gasteiger partial charge is 0.448 e. The van der Waals surface area contributed by atoms with Gasteiger partial charge in [0, 0.05) is 11.6 Å². The van der Waals surface area contributed by atoms with Gasteiger partial charge in [-0.25, -0.2) is 5.48 Å². The molecule has 1 aromatic carbocycles. The van der Waals surface area contributed by atoms with E-state index in [2.05, 4.69) is 20.9 Å². The van der Waals surface area contributed by atoms with Crippen molar-refractivity contribution in [1.29, 1.82) is 0 Å². The maximum absolute atomic E-state index is 12.0. The molecule has 2 aromatic rings. The molecule has 0 saturated carbocycles. The number of hydroxylamine groups is 1. The number of Topliss-reactive ketones (excluding diaryl/α,β-unsaturated/α-hetero) is 1. The van der Waals surface area contributed by atoms with Crippen LogP contribution in [0.25, 0.3) is 6.08 Å². The van der Waals surface area contributed by atoms with Crippen molar-refractivity contribution in [2.45, 2.75) is 0 Å². The van der Waals surface area contributed by atoms with Crippen molar-refractivity contribution >= 4 is 39.9 Å². The van der Waals surface area contributed by atoms with Crippen molar-refractivity contribution in [3.63, 3.8) is 0 Å². The monoisotopic (exact) mass is 376 g/mol. The highest BCUT2D eigenvalue weighted by atomic mass is 79.9. The smallest absolute Gasteiger partial charge is 0.267 e. The first kappa shape index (κ1) is 16.9. The number of halogens is 1. The Balaban J connectivity index is 1.93. The number of furan rings is 1. The fraction of sp³-hybridized carbons (Fsp3) is 0.0625. The molecule has 118 valence electrons. The van der Waals surface area contributed by atoms with E-state index in [1.54, 1.807) is 36.4 Å². The van der Waals surface area contributed by atoms with Gasteiger partial charge in [0.1, 0.15) is 12.3 Å². The standard InChI is InChI=1S/C16H13BrN2O4/c17-15-7-6-13(23-15)9-18-10-14(20)12-4-1-11(2-5-12)3-8-16(21)19-22/h1-9,22H,10H2,(H,19,21)/b8-3+,18-9?. The van der Waals surface area contributed by atoms with Gasteiger partial charge < -0.3 is 4.42 Å². The quantitative estimate of drug-likeness (QED) is 0.266. The van der Waals surface area contributed by atoms with Gasteiger partial charge in [0.15, 0.2) is 10.5 Å². The number of amides is 1. The molecule has 0 fully saturated rings. The van der Waals surface area contributed by atoms with Crippen LogP contribution in [0.4, 0.5) is 0 Å². The summed E-state index contributed by atoms with van der Waals surface area (Å²) in [6.07, 6.45) is 4.20. The Bertz CT molecular complexity index is 748. The van der Waals surface area contributed by atoms with Crippen molar-refractivity contribution in [2.24, 2.45) is 4.99 Å². The minimum atomic E-state index is -0.621. The maximum Gasteiger partial charge on any atom is 0.267 e. The molecule has 0 aliphatic carbocycles. The van der Waals surface area contributed by atoms with Crippen LogP contribution in [-0.4, -0.2) is 29.7 Å². The SMILES string of the molecule is O=C(/C=C/c1ccc(C(=O)CN=Cc2ccc(Br)o2)cc1)NO. The number of hydrogen-bond donors (Lipinski definition) is 2. The molecule has 2 rings (SSSR count). The molecule has 0 unspecified atom stereocenters. The molecule has 0 radical (unpaired) electrons. The van der Waals surface area contributed by atoms with Gasteiger partial charge in [-0.2, -0.15) is 0 Å². The van der Waals surface area contributed by atoms with Crippen molar-refractivity contribution in [1.82, 2.24) is 5.48 Å². The molecule has 1 amide bonds. The van der Waals surface area contributed by atoms with E-state index in [9.17, 15) is 9.59 Å². The highest BCUT2D eigenvalue weighted by Gasteiger charge is 2.04. The van der Waals surface area contributed by atoms with Gasteiger partial charge in [-0.05, 0) is 39.7 Å². The van der Waals surface area contributed by atoms with Crippen LogP contribution in [-0.2, 0) is 4.79 Å². The number of carbonyl (C=O) groups is 2. The number of rotatable bonds is 6. The first-order chi connectivity index (χ1) is 11.1. The van der Waals surface area contributed by atoms with Crippen molar-refractivity contribution in [3.8, 4) is 0 Å². The Morgan fingerprint density at radius 2 is 1.96 bits per heavy atom. The van der Waals surface area contributed by atoms with Crippen LogP contribution in [0.15, 0.2) is 56.6 Å². The van der Waals surface area contributed by atoms with E-state index in [4.69, 9.17) is 9.62 Å². The number of ketones is 1. The number of nitrogens with zero attached hydrogens (tertiary/aromatic N) is 1. The molecule has 0 bridgehead atoms. The zero-order valence-corrected chi connectivity index (χ0v) is 13.5. The summed E-state index contributed by atoms with van der Waals surface area (Å²) >= 11 is 3.18. The zero-order chi connectivity index (χ0) is 16.7. The van der Waals surface area contributed by atoms with E-state index in [1.165, 1.54) is 23.8 Å². The maximum atomic E-state index is 12.0. The zero-order valence-electron chi connectivity index (χ0n) is 11.9. The van der Waals surface area contributed by atoms with Crippen molar-refractivity contribution < 1.29 is 19.2 Å². The van der Waals surface area contributed by atoms with E-state index in [0.29, 0.717) is 16.0 Å². The Hall–Kier alpha value is -2.51. The molecular formula is C16H13BrN2O4. The topological polar surface area (TPSA) is 91.9 Å². The second-order valence-electron chi connectivity index (χ2n) is 4.47. The van der Waals surface area contributed by atoms with E-state index < -0.39 is 5.91 Å². The van der Waals surface area contributed by atoms with Gasteiger partial charge in [-0.1, -0.05) is 24.3 Å². The molecule has 0 spiro atoms. The van der Waals surface area contributed by atoms with Crippen LogP contribution in [0.3, 0.4) is 0 Å². The second-order valence-corrected chi connectivity index (χ2v) is 5.25. The van der Waals surface area contributed by atoms with Crippen LogP contribution in [0.5, 0.6) is 0 Å². The summed E-state index contributed by atoms with van der Waals surface area (Å²) in [4.78, 5) is 26.9. The third-order valence-electron chi connectivity index (χ3n) is 2.82. The lowest BCUT2D eigenvalue weighted by Gasteiger charge is -1.99. The highest BCUT2D eigenvalue weighted by Crippen LogP contribution is 2.12. The molecule has 2 N–H and O–H groups in total. The van der Waals surface area contributed by atoms with Gasteiger partial charge >= 0.3 is 0 Å². The van der Waals surface area contributed by atoms with Crippen LogP contribution < -0.4 is 5.48 Å². The lowest BCUT2D eigenvalue weighted by molar-refractivity contribution is -0.124. The molecule has 7 heteroatoms. The van der Waals surface area contributed by atoms with E-state index in [1.807, 2.05) is 0 Å². The molecule has 0 atom stereocenters. The van der Waals surface area contributed by atoms with Crippen LogP contribution in [0.2, 0.25) is 0 Å². The molecule has 0 saturated heterocycles. The molecule has 0 aliphatic rings. The van der Waals surface area contributed by atoms with Gasteiger partial charge in [-0.15, -0.1) is 0 Å². The fourth-order valence-corrected chi connectivity index (χ4v) is 2.02. The van der Waals surface area contributed by atoms with Gasteiger partial charge in [0.2, 0.25) is 0 Å². The van der Waals surface area contributed by atoms with Crippen molar-refractivity contribution in [3.05, 3.63) is 64.0 Å². The Morgan fingerprint density at radius 3 is 2.57 bits per heavy atom. The summed E-state index contributed by atoms with van der Waals surface area (Å²) in [5.74, 6) is -0.188. The van der Waals surface area contributed by atoms with Crippen molar-refractivity contribution in [2.75, 3.05) is 6.54 Å². The second kappa shape index (κ2) is 8.21. The van der Waals surface area contributed by atoms with Gasteiger partial charge in [0.25, 0.3) is 5.91 Å². The van der Waals surface area contributed by atoms with Crippen LogP contribution in [0, 0.1) is 0 Å². The number of hydrogen-bond acceptors (Lipinski definition) is 5. The lowest BCUT2D eigenvalue weighted by atomic mass is 10.1. The van der Waals surface area contributed by atoms with Gasteiger partial charge in [-0.3, -0.25) is 19.8 Å². The number of aliphatic imine (C=N–C) groups is 1. The van der Waals surface area contributed by atoms with E-state index >= 15 is 0 Å². The lowest BCUT2D eigenvalue weighted by Crippen LogP contribution is -2.14. The average Bonchev–Trinajstić information content (AvgIpc) is 2.98. The summed E-state index contributed by atoms with van der Waals surface area (Å²) in [7, 11) is 0. The van der Waals surface area contributed by atoms with Gasteiger partial charge in [0.05, 0.1) is 6.21 Å². The molecule has 1 aromatic heterocycles. The average molecular weight is 377 g/mol. The first-order valence-electron chi connectivity index (χ1n) is 6.59. The Kier molecular flexibility index (Phi) is 6.02. The van der Waals surface area contributed by atoms with E-state index in [0.717, 1.165) is 5.56 Å². The third kappa shape index (κ3) is 5.32. The third-order valence-corrected chi connectivity index (χ3v) is 3.24. The Labute approximate surface area is 140 Å². The normalized spacial score (nSPS) is 11.2. The molecule has 6 nitrogen and oxygen atoms in total. The molecule has 1 heterocycles. The molecule has 23 heavy (non-hydrogen) atoms. The summed E-state index contributed by atoms with van der Waals surface area (Å²) in [6.45, 7) is 0.0143.